The Hall–Kier alpha value is -9.23. The van der Waals surface area contributed by atoms with E-state index in [1.165, 1.54) is 55.6 Å². The van der Waals surface area contributed by atoms with Crippen molar-refractivity contribution in [1.82, 2.24) is 59.8 Å². The summed E-state index contributed by atoms with van der Waals surface area (Å²) in [6.45, 7) is 0. The minimum Gasteiger partial charge on any atom is -0.872 e. The number of pyridine rings is 9. The number of aromatic hydroxyl groups is 3. The van der Waals surface area contributed by atoms with Crippen LogP contribution >= 0.6 is 0 Å². The largest absolute Gasteiger partial charge is 2.00 e. The Morgan fingerprint density at radius 3 is 1.40 bits per heavy atom. The minimum atomic E-state index is -0.0926. The first-order valence-corrected chi connectivity index (χ1v) is 23.2. The molecule has 0 saturated carbocycles. The van der Waals surface area contributed by atoms with Gasteiger partial charge in [0.1, 0.15) is 47.4 Å². The Morgan fingerprint density at radius 2 is 0.869 bits per heavy atom. The van der Waals surface area contributed by atoms with Crippen LogP contribution in [0.1, 0.15) is 0 Å². The summed E-state index contributed by atoms with van der Waals surface area (Å²) in [6, 6.07) is 34.4. The average molecular weight is 1260 g/mol. The summed E-state index contributed by atoms with van der Waals surface area (Å²) >= 11 is 0. The second-order valence-electron chi connectivity index (χ2n) is 15.3. The summed E-state index contributed by atoms with van der Waals surface area (Å²) < 4.78 is 0. The SMILES string of the molecule is Oc1cccnc1-c1ccccn1.Oc1ccncc1-c1ccccn1.Oc1ccncc1-c1ccncn1.[Be+2].[Be+2].[Be+2].[O-]c1cccnc1-c1ccnc[nH+]1.[O-]c1ccncc1-c1nccc[nH+]1.[O-]c1cnccc1-c1cccc[nH+]1.[Zn].[Zn].[Zn]. The van der Waals surface area contributed by atoms with Crippen LogP contribution in [-0.4, -0.2) is 105 Å². The van der Waals surface area contributed by atoms with Gasteiger partial charge in [-0.3, -0.25) is 39.9 Å². The molecule has 0 radical (unpaired) electrons. The predicted octanol–water partition coefficient (Wildman–Crippen LogP) is 4.49. The Bertz CT molecular complexity index is 3080. The van der Waals surface area contributed by atoms with Crippen LogP contribution in [0.4, 0.5) is 0 Å². The van der Waals surface area contributed by atoms with E-state index in [4.69, 9.17) is 0 Å². The van der Waals surface area contributed by atoms with Crippen molar-refractivity contribution in [2.45, 2.75) is 0 Å². The molecule has 12 heterocycles. The molecule has 0 bridgehead atoms. The van der Waals surface area contributed by atoms with Crippen LogP contribution in [0, 0.1) is 0 Å². The van der Waals surface area contributed by atoms with Gasteiger partial charge < -0.3 is 30.6 Å². The molecule has 0 aliphatic rings. The third kappa shape index (κ3) is 22.6. The maximum absolute atomic E-state index is 11.3. The van der Waals surface area contributed by atoms with Gasteiger partial charge in [0.15, 0.2) is 11.9 Å². The Labute approximate surface area is 532 Å². The quantitative estimate of drug-likeness (QED) is 0.193. The predicted molar refractivity (Wildman–Crippen MR) is 295 cm³/mol. The molecule has 0 unspecified atom stereocenters. The van der Waals surface area contributed by atoms with Gasteiger partial charge >= 0.3 is 36.2 Å². The molecule has 0 atom stereocenters. The van der Waals surface area contributed by atoms with Gasteiger partial charge in [-0.2, -0.15) is 0 Å². The molecular formula is C57H45Be3N15O6Zn3+6. The summed E-state index contributed by atoms with van der Waals surface area (Å²) in [5.41, 5.74) is 6.92. The van der Waals surface area contributed by atoms with Crippen LogP contribution in [0.5, 0.6) is 34.5 Å². The zero-order valence-electron chi connectivity index (χ0n) is 45.2. The number of aromatic nitrogens is 15. The molecule has 0 aromatic carbocycles. The molecule has 0 aliphatic heterocycles. The molecule has 12 aromatic heterocycles. The Balaban J connectivity index is 0.000000497. The van der Waals surface area contributed by atoms with Crippen LogP contribution in [0.25, 0.3) is 67.9 Å². The van der Waals surface area contributed by atoms with Gasteiger partial charge in [0.05, 0.1) is 40.0 Å². The third-order valence-electron chi connectivity index (χ3n) is 10.2. The van der Waals surface area contributed by atoms with Crippen molar-refractivity contribution in [3.8, 4) is 102 Å². The molecule has 0 fully saturated rings. The fourth-order valence-electron chi connectivity index (χ4n) is 6.49. The van der Waals surface area contributed by atoms with Gasteiger partial charge in [-0.1, -0.05) is 46.5 Å². The van der Waals surface area contributed by atoms with E-state index in [-0.39, 0.29) is 123 Å². The summed E-state index contributed by atoms with van der Waals surface area (Å²) in [7, 11) is 0. The molecule has 21 nitrogen and oxygen atoms in total. The second kappa shape index (κ2) is 40.0. The molecule has 27 heteroatoms. The van der Waals surface area contributed by atoms with Crippen molar-refractivity contribution in [3.05, 3.63) is 239 Å². The zero-order valence-corrected chi connectivity index (χ0v) is 54.1. The van der Waals surface area contributed by atoms with Gasteiger partial charge in [-0.25, -0.2) is 24.9 Å². The first kappa shape index (κ1) is 72.8. The summed E-state index contributed by atoms with van der Waals surface area (Å²) in [5, 5.41) is 62.4. The minimum absolute atomic E-state index is 0. The van der Waals surface area contributed by atoms with Crippen molar-refractivity contribution < 1.29 is 104 Å². The summed E-state index contributed by atoms with van der Waals surface area (Å²) in [5.74, 6) is 0.837. The van der Waals surface area contributed by atoms with E-state index in [9.17, 15) is 30.6 Å². The van der Waals surface area contributed by atoms with E-state index < -0.39 is 0 Å². The molecule has 12 rings (SSSR count). The van der Waals surface area contributed by atoms with Gasteiger partial charge in [0.25, 0.3) is 6.33 Å². The van der Waals surface area contributed by atoms with Crippen molar-refractivity contribution in [3.63, 3.8) is 0 Å². The number of hydrogen-bond donors (Lipinski definition) is 3. The number of hydrogen-bond acceptors (Lipinski definition) is 18. The van der Waals surface area contributed by atoms with E-state index in [1.807, 2.05) is 54.6 Å². The maximum Gasteiger partial charge on any atom is 2.00 e. The molecule has 390 valence electrons. The number of rotatable bonds is 6. The van der Waals surface area contributed by atoms with Crippen molar-refractivity contribution >= 4 is 30.4 Å². The first-order valence-electron chi connectivity index (χ1n) is 23.2. The number of H-pyrrole nitrogens is 3. The fourth-order valence-corrected chi connectivity index (χ4v) is 6.49. The third-order valence-corrected chi connectivity index (χ3v) is 10.2. The molecular weight excluding hydrogens is 1210 g/mol. The molecule has 0 saturated heterocycles. The van der Waals surface area contributed by atoms with Gasteiger partial charge in [-0.15, -0.1) is 0 Å². The van der Waals surface area contributed by atoms with E-state index in [1.54, 1.807) is 129 Å². The summed E-state index contributed by atoms with van der Waals surface area (Å²) in [4.78, 5) is 56.0. The van der Waals surface area contributed by atoms with E-state index in [0.29, 0.717) is 56.5 Å². The van der Waals surface area contributed by atoms with E-state index >= 15 is 0 Å². The average Bonchev–Trinajstić information content (AvgIpc) is 3.54. The molecule has 0 spiro atoms. The molecule has 0 aliphatic carbocycles. The normalized spacial score (nSPS) is 9.14. The summed E-state index contributed by atoms with van der Waals surface area (Å²) in [6.07, 6.45) is 30.0. The number of aromatic amines is 3. The van der Waals surface area contributed by atoms with Gasteiger partial charge in [0.2, 0.25) is 5.69 Å². The van der Waals surface area contributed by atoms with Crippen LogP contribution in [0.3, 0.4) is 0 Å². The fraction of sp³-hybridized carbons (Fsp3) is 0. The maximum atomic E-state index is 11.3. The topological polar surface area (TPSA) is 327 Å². The molecule has 0 amide bonds. The van der Waals surface area contributed by atoms with Crippen molar-refractivity contribution in [2.75, 3.05) is 0 Å². The molecule has 84 heavy (non-hydrogen) atoms. The van der Waals surface area contributed by atoms with Gasteiger partial charge in [0, 0.05) is 169 Å². The standard InChI is InChI=1S/3C10H8N2O.3C9H7N3O.3Be.3Zn/c13-9-5-3-7-12-10(9)8-4-1-2-6-11-8;13-10-4-6-11-7-8(10)9-3-1-2-5-12-9;13-10-7-11-6-4-8(10)9-3-1-2-5-12-9;13-9-2-4-10-5-7(9)8-1-3-11-6-12-8;13-8-2-5-10-6-7(8)9-11-3-1-4-12-9;13-8-2-1-4-11-9(8)7-3-5-10-6-12-7;;;;;;/h1-7,13H;1-7H,(H,11,13);1-7,13H;2*1-6H,(H,10,13);1-6,13H;;;;;;/q;;;;;;3*+2;;;. The smallest absolute Gasteiger partial charge is 0.872 e. The van der Waals surface area contributed by atoms with Gasteiger partial charge in [-0.05, 0) is 77.8 Å². The van der Waals surface area contributed by atoms with Crippen molar-refractivity contribution in [2.24, 2.45) is 0 Å². The van der Waals surface area contributed by atoms with E-state index in [0.717, 1.165) is 11.4 Å². The van der Waals surface area contributed by atoms with Crippen LogP contribution in [-0.2, 0) is 58.4 Å². The number of nitrogens with one attached hydrogen (secondary N) is 3. The molecule has 12 aromatic rings. The first-order chi connectivity index (χ1) is 38.3. The van der Waals surface area contributed by atoms with Crippen LogP contribution in [0.15, 0.2) is 239 Å². The zero-order chi connectivity index (χ0) is 54.6. The van der Waals surface area contributed by atoms with Crippen LogP contribution in [0.2, 0.25) is 0 Å². The van der Waals surface area contributed by atoms with Crippen LogP contribution < -0.4 is 30.3 Å². The second-order valence-corrected chi connectivity index (χ2v) is 15.3. The Morgan fingerprint density at radius 1 is 0.321 bits per heavy atom. The van der Waals surface area contributed by atoms with Crippen molar-refractivity contribution in [1.29, 1.82) is 0 Å². The number of nitrogens with zero attached hydrogens (tertiary/aromatic N) is 12. The molecule has 6 N–H and O–H groups in total. The Kier molecular flexibility index (Phi) is 34.7. The monoisotopic (exact) mass is 1250 g/mol. The van der Waals surface area contributed by atoms with E-state index in [2.05, 4.69) is 74.8 Å².